The Morgan fingerprint density at radius 3 is 2.37 bits per heavy atom. The highest BCUT2D eigenvalue weighted by molar-refractivity contribution is 5.89. The van der Waals surface area contributed by atoms with E-state index in [0.717, 1.165) is 48.9 Å². The molecule has 0 aliphatic carbocycles. The number of hydrogen-bond donors (Lipinski definition) is 1. The van der Waals surface area contributed by atoms with Crippen molar-refractivity contribution in [1.29, 1.82) is 0 Å². The molecule has 3 atom stereocenters. The molecule has 2 aromatic carbocycles. The molecule has 2 saturated heterocycles. The second-order valence-corrected chi connectivity index (χ2v) is 10.5. The maximum atomic E-state index is 14.0. The summed E-state index contributed by atoms with van der Waals surface area (Å²) in [6.07, 6.45) is 3.61. The lowest BCUT2D eigenvalue weighted by atomic mass is 9.97. The van der Waals surface area contributed by atoms with Crippen LogP contribution in [0.4, 0.5) is 0 Å². The largest absolute Gasteiger partial charge is 0.376 e. The van der Waals surface area contributed by atoms with E-state index < -0.39 is 6.04 Å². The van der Waals surface area contributed by atoms with Crippen molar-refractivity contribution in [2.45, 2.75) is 70.2 Å². The summed E-state index contributed by atoms with van der Waals surface area (Å²) in [6.45, 7) is 6.39. The van der Waals surface area contributed by atoms with Gasteiger partial charge in [-0.3, -0.25) is 9.59 Å². The van der Waals surface area contributed by atoms with Gasteiger partial charge in [0.15, 0.2) is 0 Å². The number of nitrogens with one attached hydrogen (secondary N) is 1. The van der Waals surface area contributed by atoms with Gasteiger partial charge in [-0.2, -0.15) is 0 Å². The third kappa shape index (κ3) is 6.05. The number of hydrogen-bond acceptors (Lipinski definition) is 6. The van der Waals surface area contributed by atoms with Crippen LogP contribution < -0.4 is 5.32 Å². The molecular formula is C29H37N5O4. The van der Waals surface area contributed by atoms with Crippen molar-refractivity contribution < 1.29 is 19.1 Å². The summed E-state index contributed by atoms with van der Waals surface area (Å²) >= 11 is 0. The number of nitrogens with zero attached hydrogens (tertiary/aromatic N) is 4. The van der Waals surface area contributed by atoms with Crippen LogP contribution >= 0.6 is 0 Å². The first-order valence-corrected chi connectivity index (χ1v) is 13.7. The molecule has 5 rings (SSSR count). The van der Waals surface area contributed by atoms with Crippen LogP contribution in [0.5, 0.6) is 0 Å². The van der Waals surface area contributed by atoms with E-state index in [9.17, 15) is 9.59 Å². The quantitative estimate of drug-likeness (QED) is 0.440. The zero-order valence-electron chi connectivity index (χ0n) is 22.2. The second-order valence-electron chi connectivity index (χ2n) is 10.5. The first-order chi connectivity index (χ1) is 18.5. The van der Waals surface area contributed by atoms with Crippen molar-refractivity contribution >= 4 is 22.8 Å². The molecule has 2 aliphatic rings. The Morgan fingerprint density at radius 1 is 1.00 bits per heavy atom. The van der Waals surface area contributed by atoms with Gasteiger partial charge in [0.25, 0.3) is 0 Å². The van der Waals surface area contributed by atoms with Crippen LogP contribution in [0.15, 0.2) is 48.5 Å². The molecule has 0 spiro atoms. The normalized spacial score (nSPS) is 20.2. The minimum absolute atomic E-state index is 0.00625. The summed E-state index contributed by atoms with van der Waals surface area (Å²) in [5, 5.41) is 11.5. The Morgan fingerprint density at radius 2 is 1.68 bits per heavy atom. The zero-order valence-corrected chi connectivity index (χ0v) is 22.2. The number of amides is 2. The molecule has 3 aromatic rings. The average Bonchev–Trinajstić information content (AvgIpc) is 3.71. The van der Waals surface area contributed by atoms with Crippen LogP contribution in [0.2, 0.25) is 0 Å². The molecule has 0 radical (unpaired) electrons. The Labute approximate surface area is 223 Å². The van der Waals surface area contributed by atoms with E-state index in [2.05, 4.69) is 29.5 Å². The third-order valence-corrected chi connectivity index (χ3v) is 7.46. The summed E-state index contributed by atoms with van der Waals surface area (Å²) in [6, 6.07) is 14.8. The van der Waals surface area contributed by atoms with Crippen molar-refractivity contribution in [2.24, 2.45) is 0 Å². The topological polar surface area (TPSA) is 98.6 Å². The summed E-state index contributed by atoms with van der Waals surface area (Å²) < 4.78 is 13.2. The fourth-order valence-corrected chi connectivity index (χ4v) is 5.26. The molecule has 3 heterocycles. The van der Waals surface area contributed by atoms with Gasteiger partial charge in [0.05, 0.1) is 17.7 Å². The van der Waals surface area contributed by atoms with Crippen LogP contribution in [-0.4, -0.2) is 70.2 Å². The van der Waals surface area contributed by atoms with Gasteiger partial charge in [0.2, 0.25) is 11.8 Å². The zero-order chi connectivity index (χ0) is 26.5. The van der Waals surface area contributed by atoms with Crippen LogP contribution in [-0.2, 0) is 25.6 Å². The van der Waals surface area contributed by atoms with Crippen molar-refractivity contribution in [3.63, 3.8) is 0 Å². The van der Waals surface area contributed by atoms with Gasteiger partial charge in [-0.05, 0) is 54.9 Å². The van der Waals surface area contributed by atoms with Crippen molar-refractivity contribution in [1.82, 2.24) is 25.2 Å². The van der Waals surface area contributed by atoms with Crippen LogP contribution in [0, 0.1) is 0 Å². The highest BCUT2D eigenvalue weighted by atomic mass is 16.5. The summed E-state index contributed by atoms with van der Waals surface area (Å²) in [5.41, 5.74) is 3.45. The van der Waals surface area contributed by atoms with E-state index in [-0.39, 0.29) is 30.6 Å². The molecule has 2 fully saturated rings. The van der Waals surface area contributed by atoms with E-state index in [1.165, 1.54) is 5.56 Å². The monoisotopic (exact) mass is 519 g/mol. The highest BCUT2D eigenvalue weighted by Crippen LogP contribution is 2.27. The molecule has 0 saturated carbocycles. The molecule has 1 N–H and O–H groups in total. The fourth-order valence-electron chi connectivity index (χ4n) is 5.26. The molecule has 0 bridgehead atoms. The van der Waals surface area contributed by atoms with E-state index in [1.54, 1.807) is 9.58 Å². The van der Waals surface area contributed by atoms with Crippen LogP contribution in [0.25, 0.3) is 11.0 Å². The summed E-state index contributed by atoms with van der Waals surface area (Å²) in [4.78, 5) is 29.5. The van der Waals surface area contributed by atoms with E-state index in [4.69, 9.17) is 9.47 Å². The Balaban J connectivity index is 1.46. The van der Waals surface area contributed by atoms with E-state index >= 15 is 0 Å². The number of para-hydroxylation sites is 1. The van der Waals surface area contributed by atoms with Gasteiger partial charge < -0.3 is 19.7 Å². The minimum atomic E-state index is -0.802. The van der Waals surface area contributed by atoms with Crippen molar-refractivity contribution in [3.05, 3.63) is 59.7 Å². The molecular weight excluding hydrogens is 482 g/mol. The first-order valence-electron chi connectivity index (χ1n) is 13.7. The van der Waals surface area contributed by atoms with Gasteiger partial charge in [0, 0.05) is 26.3 Å². The predicted molar refractivity (Wildman–Crippen MR) is 143 cm³/mol. The molecule has 1 aromatic heterocycles. The molecule has 9 nitrogen and oxygen atoms in total. The smallest absolute Gasteiger partial charge is 0.247 e. The lowest BCUT2D eigenvalue weighted by Gasteiger charge is -2.33. The molecule has 202 valence electrons. The van der Waals surface area contributed by atoms with E-state index in [1.807, 2.05) is 48.5 Å². The Hall–Kier alpha value is -3.30. The molecule has 38 heavy (non-hydrogen) atoms. The number of benzene rings is 2. The van der Waals surface area contributed by atoms with Crippen LogP contribution in [0.3, 0.4) is 0 Å². The Kier molecular flexibility index (Phi) is 8.34. The van der Waals surface area contributed by atoms with Crippen molar-refractivity contribution in [2.75, 3.05) is 26.3 Å². The average molecular weight is 520 g/mol. The Bertz CT molecular complexity index is 1230. The van der Waals surface area contributed by atoms with Crippen LogP contribution in [0.1, 0.15) is 62.6 Å². The molecule has 2 aliphatic heterocycles. The lowest BCUT2D eigenvalue weighted by Crippen LogP contribution is -2.48. The molecule has 0 unspecified atom stereocenters. The predicted octanol–water partition coefficient (Wildman–Crippen LogP) is 3.60. The number of ether oxygens (including phenoxy) is 2. The number of aromatic nitrogens is 3. The van der Waals surface area contributed by atoms with Gasteiger partial charge in [-0.15, -0.1) is 5.10 Å². The second kappa shape index (κ2) is 12.0. The van der Waals surface area contributed by atoms with Gasteiger partial charge >= 0.3 is 0 Å². The molecule has 9 heteroatoms. The van der Waals surface area contributed by atoms with Gasteiger partial charge in [0.1, 0.15) is 18.1 Å². The fraction of sp³-hybridized carbons (Fsp3) is 0.517. The first kappa shape index (κ1) is 26.3. The number of carbonyl (C=O) groups excluding carboxylic acids is 2. The molecule has 2 amide bonds. The SMILES string of the molecule is CC(C)c1ccc([C@@H](C(=O)NC[C@H]2CCCO2)N(C[C@@H]2CCCO2)C(=O)Cn2nnc3ccccc32)cc1. The van der Waals surface area contributed by atoms with Gasteiger partial charge in [-0.1, -0.05) is 55.5 Å². The summed E-state index contributed by atoms with van der Waals surface area (Å²) in [5.74, 6) is -0.0602. The standard InChI is InChI=1S/C29H37N5O4/c1-20(2)21-11-13-22(14-12-21)28(29(36)30-17-23-7-5-15-37-23)33(18-24-8-6-16-38-24)27(35)19-34-26-10-4-3-9-25(26)31-32-34/h3-4,9-14,20,23-24,28H,5-8,15-19H2,1-2H3,(H,30,36)/t23-,24+,28+/m1/s1. The lowest BCUT2D eigenvalue weighted by molar-refractivity contribution is -0.143. The third-order valence-electron chi connectivity index (χ3n) is 7.46. The summed E-state index contributed by atoms with van der Waals surface area (Å²) in [7, 11) is 0. The number of rotatable bonds is 10. The van der Waals surface area contributed by atoms with E-state index in [0.29, 0.717) is 25.6 Å². The maximum Gasteiger partial charge on any atom is 0.247 e. The highest BCUT2D eigenvalue weighted by Gasteiger charge is 2.35. The van der Waals surface area contributed by atoms with Gasteiger partial charge in [-0.25, -0.2) is 4.68 Å². The number of carbonyl (C=O) groups is 2. The number of fused-ring (bicyclic) bond motifs is 1. The minimum Gasteiger partial charge on any atom is -0.376 e. The van der Waals surface area contributed by atoms with Crippen molar-refractivity contribution in [3.8, 4) is 0 Å². The maximum absolute atomic E-state index is 14.0.